The topological polar surface area (TPSA) is 45.2 Å². The third-order valence-corrected chi connectivity index (χ3v) is 5.99. The lowest BCUT2D eigenvalue weighted by Crippen LogP contribution is -2.17. The zero-order valence-corrected chi connectivity index (χ0v) is 19.6. The lowest BCUT2D eigenvalue weighted by Gasteiger charge is -2.28. The molecule has 2 aromatic carbocycles. The molecule has 3 nitrogen and oxygen atoms in total. The van der Waals surface area contributed by atoms with E-state index in [4.69, 9.17) is 4.98 Å². The molecule has 0 aliphatic heterocycles. The predicted octanol–water partition coefficient (Wildman–Crippen LogP) is 7.47. The number of phenols is 1. The molecule has 0 aliphatic rings. The van der Waals surface area contributed by atoms with E-state index >= 15 is 0 Å². The second-order valence-electron chi connectivity index (χ2n) is 9.83. The van der Waals surface area contributed by atoms with E-state index in [-0.39, 0.29) is 10.8 Å². The molecule has 0 bridgehead atoms. The van der Waals surface area contributed by atoms with Crippen molar-refractivity contribution in [1.29, 1.82) is 0 Å². The summed E-state index contributed by atoms with van der Waals surface area (Å²) in [5.74, 6) is 0.402. The average molecular weight is 409 g/mol. The van der Waals surface area contributed by atoms with E-state index < -0.39 is 0 Å². The molecule has 0 atom stereocenters. The minimum absolute atomic E-state index is 0.160. The fourth-order valence-electron chi connectivity index (χ4n) is 3.39. The van der Waals surface area contributed by atoms with Crippen molar-refractivity contribution >= 4 is 22.2 Å². The van der Waals surface area contributed by atoms with Crippen LogP contribution in [0.2, 0.25) is 0 Å². The van der Waals surface area contributed by atoms with Crippen LogP contribution in [0.4, 0.5) is 10.8 Å². The third kappa shape index (κ3) is 4.64. The Balaban J connectivity index is 2.08. The normalized spacial score (nSPS) is 12.3. The number of anilines is 2. The van der Waals surface area contributed by atoms with Gasteiger partial charge in [-0.25, -0.2) is 4.98 Å². The van der Waals surface area contributed by atoms with E-state index in [1.807, 2.05) is 0 Å². The van der Waals surface area contributed by atoms with Gasteiger partial charge in [-0.1, -0.05) is 59.2 Å². The second-order valence-corrected chi connectivity index (χ2v) is 11.0. The first kappa shape index (κ1) is 21.4. The molecular weight excluding hydrogens is 376 g/mol. The molecule has 0 spiro atoms. The van der Waals surface area contributed by atoms with E-state index in [1.165, 1.54) is 5.56 Å². The van der Waals surface area contributed by atoms with Crippen molar-refractivity contribution in [3.63, 3.8) is 0 Å². The first-order valence-electron chi connectivity index (χ1n) is 10.1. The number of aromatic nitrogens is 1. The third-order valence-electron chi connectivity index (χ3n) is 5.10. The molecule has 0 radical (unpaired) electrons. The van der Waals surface area contributed by atoms with E-state index in [2.05, 4.69) is 97.1 Å². The SMILES string of the molecule is Cc1ccc(Nc2nc(-c3cc(C(C)(C)C)c(O)c(C(C)(C)C)c3)c(C)s2)cc1. The Labute approximate surface area is 178 Å². The van der Waals surface area contributed by atoms with Gasteiger partial charge in [-0.05, 0) is 48.9 Å². The fraction of sp³-hybridized carbons (Fsp3) is 0.400. The van der Waals surface area contributed by atoms with Gasteiger partial charge in [0, 0.05) is 27.3 Å². The Morgan fingerprint density at radius 3 is 1.86 bits per heavy atom. The highest BCUT2D eigenvalue weighted by molar-refractivity contribution is 7.16. The molecule has 0 saturated heterocycles. The van der Waals surface area contributed by atoms with Gasteiger partial charge < -0.3 is 10.4 Å². The number of aryl methyl sites for hydroxylation is 2. The Kier molecular flexibility index (Phi) is 5.52. The number of nitrogens with one attached hydrogen (secondary N) is 1. The van der Waals surface area contributed by atoms with Gasteiger partial charge in [0.2, 0.25) is 0 Å². The number of benzene rings is 2. The van der Waals surface area contributed by atoms with Crippen molar-refractivity contribution in [1.82, 2.24) is 4.98 Å². The molecule has 0 fully saturated rings. The van der Waals surface area contributed by atoms with Crippen LogP contribution >= 0.6 is 11.3 Å². The van der Waals surface area contributed by atoms with Gasteiger partial charge in [0.15, 0.2) is 5.13 Å². The molecule has 154 valence electrons. The van der Waals surface area contributed by atoms with Crippen LogP contribution in [0.1, 0.15) is 63.1 Å². The van der Waals surface area contributed by atoms with Gasteiger partial charge in [0.05, 0.1) is 5.69 Å². The highest BCUT2D eigenvalue weighted by Crippen LogP contribution is 2.43. The quantitative estimate of drug-likeness (QED) is 0.472. The van der Waals surface area contributed by atoms with E-state index in [0.717, 1.165) is 38.1 Å². The van der Waals surface area contributed by atoms with Crippen LogP contribution in [0.3, 0.4) is 0 Å². The number of phenolic OH excluding ortho intramolecular Hbond substituents is 1. The van der Waals surface area contributed by atoms with Gasteiger partial charge >= 0.3 is 0 Å². The monoisotopic (exact) mass is 408 g/mol. The van der Waals surface area contributed by atoms with Crippen LogP contribution in [-0.4, -0.2) is 10.1 Å². The number of nitrogens with zero attached hydrogens (tertiary/aromatic N) is 1. The van der Waals surface area contributed by atoms with Crippen LogP contribution in [0.25, 0.3) is 11.3 Å². The molecule has 29 heavy (non-hydrogen) atoms. The molecule has 3 aromatic rings. The summed E-state index contributed by atoms with van der Waals surface area (Å²) < 4.78 is 0. The van der Waals surface area contributed by atoms with Crippen LogP contribution in [0.5, 0.6) is 5.75 Å². The largest absolute Gasteiger partial charge is 0.507 e. The Morgan fingerprint density at radius 1 is 0.862 bits per heavy atom. The molecular formula is C25H32N2OS. The first-order chi connectivity index (χ1) is 13.4. The number of hydrogen-bond donors (Lipinski definition) is 2. The van der Waals surface area contributed by atoms with Crippen molar-refractivity contribution in [3.8, 4) is 17.0 Å². The highest BCUT2D eigenvalue weighted by Gasteiger charge is 2.27. The summed E-state index contributed by atoms with van der Waals surface area (Å²) in [6.07, 6.45) is 0. The van der Waals surface area contributed by atoms with Crippen LogP contribution in [0.15, 0.2) is 36.4 Å². The van der Waals surface area contributed by atoms with Crippen molar-refractivity contribution < 1.29 is 5.11 Å². The van der Waals surface area contributed by atoms with Crippen molar-refractivity contribution in [2.75, 3.05) is 5.32 Å². The lowest BCUT2D eigenvalue weighted by atomic mass is 9.78. The summed E-state index contributed by atoms with van der Waals surface area (Å²) in [6.45, 7) is 17.0. The van der Waals surface area contributed by atoms with Crippen LogP contribution in [-0.2, 0) is 10.8 Å². The molecule has 4 heteroatoms. The summed E-state index contributed by atoms with van der Waals surface area (Å²) in [5, 5.41) is 15.3. The van der Waals surface area contributed by atoms with Gasteiger partial charge in [-0.3, -0.25) is 0 Å². The number of aromatic hydroxyl groups is 1. The van der Waals surface area contributed by atoms with Crippen molar-refractivity contribution in [2.45, 2.75) is 66.2 Å². The number of rotatable bonds is 3. The highest BCUT2D eigenvalue weighted by atomic mass is 32.1. The number of thiazole rings is 1. The number of hydrogen-bond acceptors (Lipinski definition) is 4. The summed E-state index contributed by atoms with van der Waals surface area (Å²) in [4.78, 5) is 6.06. The van der Waals surface area contributed by atoms with E-state index in [9.17, 15) is 5.11 Å². The Morgan fingerprint density at radius 2 is 1.38 bits per heavy atom. The van der Waals surface area contributed by atoms with Crippen molar-refractivity contribution in [3.05, 3.63) is 58.0 Å². The van der Waals surface area contributed by atoms with Crippen LogP contribution < -0.4 is 5.32 Å². The standard InChI is InChI=1S/C25H32N2OS/c1-15-9-11-18(12-10-15)26-23-27-21(16(2)29-23)17-13-19(24(3,4)5)22(28)20(14-17)25(6,7)8/h9-14,28H,1-8H3,(H,26,27). The van der Waals surface area contributed by atoms with E-state index in [1.54, 1.807) is 11.3 Å². The van der Waals surface area contributed by atoms with Gasteiger partial charge in [0.25, 0.3) is 0 Å². The molecule has 3 rings (SSSR count). The summed E-state index contributed by atoms with van der Waals surface area (Å²) >= 11 is 1.65. The van der Waals surface area contributed by atoms with Gasteiger partial charge in [0.1, 0.15) is 5.75 Å². The fourth-order valence-corrected chi connectivity index (χ4v) is 4.25. The average Bonchev–Trinajstić information content (AvgIpc) is 2.95. The van der Waals surface area contributed by atoms with Gasteiger partial charge in [-0.2, -0.15) is 0 Å². The molecule has 1 aromatic heterocycles. The Bertz CT molecular complexity index is 983. The zero-order chi connectivity index (χ0) is 21.6. The zero-order valence-electron chi connectivity index (χ0n) is 18.8. The first-order valence-corrected chi connectivity index (χ1v) is 10.9. The maximum Gasteiger partial charge on any atom is 0.187 e. The van der Waals surface area contributed by atoms with E-state index in [0.29, 0.717) is 5.75 Å². The lowest BCUT2D eigenvalue weighted by molar-refractivity contribution is 0.423. The molecule has 0 unspecified atom stereocenters. The maximum absolute atomic E-state index is 11.0. The predicted molar refractivity (Wildman–Crippen MR) is 126 cm³/mol. The minimum Gasteiger partial charge on any atom is -0.507 e. The van der Waals surface area contributed by atoms with Crippen LogP contribution in [0, 0.1) is 13.8 Å². The summed E-state index contributed by atoms with van der Waals surface area (Å²) in [5.41, 5.74) is 5.90. The molecule has 1 heterocycles. The second kappa shape index (κ2) is 7.49. The smallest absolute Gasteiger partial charge is 0.187 e. The molecule has 0 amide bonds. The minimum atomic E-state index is -0.160. The van der Waals surface area contributed by atoms with Gasteiger partial charge in [-0.15, -0.1) is 11.3 Å². The molecule has 0 aliphatic carbocycles. The molecule has 0 saturated carbocycles. The summed E-state index contributed by atoms with van der Waals surface area (Å²) in [7, 11) is 0. The Hall–Kier alpha value is -2.33. The molecule has 2 N–H and O–H groups in total. The maximum atomic E-state index is 11.0. The van der Waals surface area contributed by atoms with Crippen molar-refractivity contribution in [2.24, 2.45) is 0 Å². The summed E-state index contributed by atoms with van der Waals surface area (Å²) in [6, 6.07) is 12.5.